The zero-order chi connectivity index (χ0) is 25.9. The number of benzene rings is 2. The van der Waals surface area contributed by atoms with Gasteiger partial charge >= 0.3 is 5.97 Å². The Morgan fingerprint density at radius 2 is 1.97 bits per heavy atom. The minimum Gasteiger partial charge on any atom is -0.481 e. The number of aliphatic carboxylic acids is 1. The van der Waals surface area contributed by atoms with E-state index in [-0.39, 0.29) is 50.0 Å². The van der Waals surface area contributed by atoms with Crippen molar-refractivity contribution in [3.63, 3.8) is 0 Å². The molecule has 1 saturated heterocycles. The molecule has 1 aromatic heterocycles. The Bertz CT molecular complexity index is 1280. The Kier molecular flexibility index (Phi) is 7.76. The van der Waals surface area contributed by atoms with Gasteiger partial charge in [-0.05, 0) is 71.4 Å². The number of hydrogen-bond donors (Lipinski definition) is 2. The zero-order valence-corrected chi connectivity index (χ0v) is 21.8. The first-order chi connectivity index (χ1) is 17.9. The molecule has 2 N–H and O–H groups in total. The number of nitrogens with one attached hydrogen (secondary N) is 1. The maximum Gasteiger partial charge on any atom is 0.306 e. The summed E-state index contributed by atoms with van der Waals surface area (Å²) in [4.78, 5) is 30.3. The second kappa shape index (κ2) is 11.2. The molecule has 0 bridgehead atoms. The van der Waals surface area contributed by atoms with Crippen LogP contribution < -0.4 is 5.32 Å². The highest BCUT2D eigenvalue weighted by Crippen LogP contribution is 2.30. The molecule has 0 radical (unpaired) electrons. The molecule has 8 nitrogen and oxygen atoms in total. The fourth-order valence-electron chi connectivity index (χ4n) is 5.13. The van der Waals surface area contributed by atoms with E-state index in [9.17, 15) is 14.0 Å². The van der Waals surface area contributed by atoms with E-state index >= 15 is 0 Å². The van der Waals surface area contributed by atoms with Gasteiger partial charge in [0.1, 0.15) is 11.7 Å². The Balaban J connectivity index is 1.19. The molecular formula is C27H29BrFN3O5. The fourth-order valence-corrected chi connectivity index (χ4v) is 5.52. The van der Waals surface area contributed by atoms with Crippen LogP contribution in [-0.2, 0) is 20.7 Å². The number of hydrogen-bond acceptors (Lipinski definition) is 6. The number of para-hydroxylation sites is 1. The lowest BCUT2D eigenvalue weighted by molar-refractivity contribution is -0.144. The van der Waals surface area contributed by atoms with Gasteiger partial charge in [0.15, 0.2) is 5.58 Å². The van der Waals surface area contributed by atoms with Gasteiger partial charge in [-0.15, -0.1) is 0 Å². The van der Waals surface area contributed by atoms with Crippen molar-refractivity contribution in [2.75, 3.05) is 18.5 Å². The summed E-state index contributed by atoms with van der Waals surface area (Å²) in [6, 6.07) is 13.1. The van der Waals surface area contributed by atoms with E-state index in [0.29, 0.717) is 42.8 Å². The number of nitrogens with zero attached hydrogens (tertiary/aromatic N) is 2. The van der Waals surface area contributed by atoms with Crippen molar-refractivity contribution >= 4 is 50.6 Å². The molecule has 5 rings (SSSR count). The van der Waals surface area contributed by atoms with Gasteiger partial charge in [0, 0.05) is 10.9 Å². The van der Waals surface area contributed by atoms with Crippen molar-refractivity contribution in [3.05, 3.63) is 52.5 Å². The monoisotopic (exact) mass is 573 g/mol. The maximum atomic E-state index is 14.3. The number of fused-ring (bicyclic) bond motifs is 1. The van der Waals surface area contributed by atoms with Crippen molar-refractivity contribution in [2.24, 2.45) is 5.92 Å². The van der Waals surface area contributed by atoms with Crippen LogP contribution in [0.15, 0.2) is 51.4 Å². The standard InChI is InChI=1S/C27H29BrFN3O5/c28-21-3-1-2-4-22(21)30-27-31-23-10-5-16(11-24(23)37-27)12-25(33)32-14-18(29)13-19(32)15-36-20-8-6-17(7-9-20)26(34)35/h1-5,10-11,17-20H,6-9,12-15H2,(H,30,31)(H,34,35)/t17?,18?,19-,20?/m0/s1. The molecule has 1 amide bonds. The predicted molar refractivity (Wildman–Crippen MR) is 139 cm³/mol. The number of carboxylic acids is 1. The van der Waals surface area contributed by atoms with Crippen LogP contribution in [-0.4, -0.2) is 58.3 Å². The zero-order valence-electron chi connectivity index (χ0n) is 20.2. The van der Waals surface area contributed by atoms with Crippen LogP contribution in [0.2, 0.25) is 0 Å². The molecule has 1 unspecified atom stereocenters. The first kappa shape index (κ1) is 25.7. The maximum absolute atomic E-state index is 14.3. The van der Waals surface area contributed by atoms with Crippen LogP contribution in [0.1, 0.15) is 37.7 Å². The molecule has 2 fully saturated rings. The summed E-state index contributed by atoms with van der Waals surface area (Å²) in [6.07, 6.45) is 1.77. The van der Waals surface area contributed by atoms with E-state index in [1.165, 1.54) is 0 Å². The number of halogens is 2. The van der Waals surface area contributed by atoms with Crippen LogP contribution in [0, 0.1) is 5.92 Å². The first-order valence-corrected chi connectivity index (χ1v) is 13.3. The molecule has 0 spiro atoms. The summed E-state index contributed by atoms with van der Waals surface area (Å²) in [7, 11) is 0. The molecule has 37 heavy (non-hydrogen) atoms. The van der Waals surface area contributed by atoms with E-state index in [1.807, 2.05) is 36.4 Å². The van der Waals surface area contributed by atoms with Crippen LogP contribution in [0.3, 0.4) is 0 Å². The molecule has 1 aliphatic carbocycles. The van der Waals surface area contributed by atoms with Crippen molar-refractivity contribution in [3.8, 4) is 0 Å². The van der Waals surface area contributed by atoms with Gasteiger partial charge in [0.2, 0.25) is 5.91 Å². The summed E-state index contributed by atoms with van der Waals surface area (Å²) in [5.74, 6) is -1.23. The predicted octanol–water partition coefficient (Wildman–Crippen LogP) is 5.48. The Morgan fingerprint density at radius 1 is 1.19 bits per heavy atom. The van der Waals surface area contributed by atoms with Crippen molar-refractivity contribution in [1.29, 1.82) is 0 Å². The average molecular weight is 574 g/mol. The molecule has 2 atom stereocenters. The third-order valence-corrected chi connectivity index (χ3v) is 7.85. The number of carbonyl (C=O) groups is 2. The quantitative estimate of drug-likeness (QED) is 0.368. The average Bonchev–Trinajstić information content (AvgIpc) is 3.46. The highest BCUT2D eigenvalue weighted by atomic mass is 79.9. The minimum atomic E-state index is -1.08. The van der Waals surface area contributed by atoms with E-state index in [1.54, 1.807) is 11.0 Å². The number of aromatic nitrogens is 1. The molecule has 2 aliphatic rings. The third kappa shape index (κ3) is 6.13. The number of carbonyl (C=O) groups excluding carboxylic acids is 1. The third-order valence-electron chi connectivity index (χ3n) is 7.16. The lowest BCUT2D eigenvalue weighted by Gasteiger charge is -2.29. The molecule has 1 saturated carbocycles. The van der Waals surface area contributed by atoms with E-state index < -0.39 is 12.1 Å². The van der Waals surface area contributed by atoms with Crippen molar-refractivity contribution in [2.45, 2.75) is 56.8 Å². The summed E-state index contributed by atoms with van der Waals surface area (Å²) in [5, 5.41) is 12.3. The topological polar surface area (TPSA) is 105 Å². The molecule has 1 aliphatic heterocycles. The molecular weight excluding hydrogens is 545 g/mol. The highest BCUT2D eigenvalue weighted by Gasteiger charge is 2.36. The number of ether oxygens (including phenoxy) is 1. The van der Waals surface area contributed by atoms with Crippen LogP contribution in [0.4, 0.5) is 16.1 Å². The number of rotatable bonds is 8. The molecule has 196 valence electrons. The minimum absolute atomic E-state index is 0.0422. The normalized spacial score (nSPS) is 23.9. The number of carboxylic acid groups (broad SMARTS) is 1. The van der Waals surface area contributed by atoms with Gasteiger partial charge in [-0.25, -0.2) is 4.39 Å². The summed E-state index contributed by atoms with van der Waals surface area (Å²) in [5.41, 5.74) is 2.80. The van der Waals surface area contributed by atoms with Gasteiger partial charge in [-0.3, -0.25) is 9.59 Å². The Morgan fingerprint density at radius 3 is 2.73 bits per heavy atom. The van der Waals surface area contributed by atoms with Gasteiger partial charge < -0.3 is 24.5 Å². The van der Waals surface area contributed by atoms with E-state index in [4.69, 9.17) is 14.3 Å². The highest BCUT2D eigenvalue weighted by molar-refractivity contribution is 9.10. The lowest BCUT2D eigenvalue weighted by atomic mass is 9.87. The number of amides is 1. The second-order valence-corrected chi connectivity index (χ2v) is 10.6. The first-order valence-electron chi connectivity index (χ1n) is 12.5. The molecule has 3 aromatic rings. The van der Waals surface area contributed by atoms with E-state index in [0.717, 1.165) is 15.7 Å². The van der Waals surface area contributed by atoms with Gasteiger partial charge in [-0.1, -0.05) is 18.2 Å². The Labute approximate surface area is 222 Å². The molecule has 2 heterocycles. The van der Waals surface area contributed by atoms with Crippen LogP contribution in [0.25, 0.3) is 11.1 Å². The largest absolute Gasteiger partial charge is 0.481 e. The number of oxazole rings is 1. The molecule has 2 aromatic carbocycles. The van der Waals surface area contributed by atoms with Gasteiger partial charge in [0.25, 0.3) is 6.01 Å². The van der Waals surface area contributed by atoms with Crippen LogP contribution >= 0.6 is 15.9 Å². The van der Waals surface area contributed by atoms with Gasteiger partial charge in [-0.2, -0.15) is 4.98 Å². The summed E-state index contributed by atoms with van der Waals surface area (Å²) in [6.45, 7) is 0.322. The van der Waals surface area contributed by atoms with Crippen LogP contribution in [0.5, 0.6) is 0 Å². The smallest absolute Gasteiger partial charge is 0.306 e. The van der Waals surface area contributed by atoms with Crippen molar-refractivity contribution in [1.82, 2.24) is 9.88 Å². The number of alkyl halides is 1. The van der Waals surface area contributed by atoms with E-state index in [2.05, 4.69) is 26.2 Å². The number of anilines is 2. The fraction of sp³-hybridized carbons (Fsp3) is 0.444. The summed E-state index contributed by atoms with van der Waals surface area (Å²) < 4.78 is 27.0. The van der Waals surface area contributed by atoms with Gasteiger partial charge in [0.05, 0.1) is 43.3 Å². The summed E-state index contributed by atoms with van der Waals surface area (Å²) >= 11 is 3.49. The van der Waals surface area contributed by atoms with Crippen molar-refractivity contribution < 1.29 is 28.2 Å². The molecule has 10 heteroatoms. The second-order valence-electron chi connectivity index (χ2n) is 9.78. The Hall–Kier alpha value is -2.98. The lowest BCUT2D eigenvalue weighted by Crippen LogP contribution is -2.40. The number of likely N-dealkylation sites (tertiary alicyclic amines) is 1. The SMILES string of the molecule is O=C(O)C1CCC(OC[C@@H]2CC(F)CN2C(=O)Cc2ccc3nc(Nc4ccccc4Br)oc3c2)CC1.